The summed E-state index contributed by atoms with van der Waals surface area (Å²) >= 11 is 3.12. The number of nitrogens with zero attached hydrogens (tertiary/aromatic N) is 2. The SMILES string of the molecule is Cc1cnc(NC(=O)c2ccc([C@@H]3CCCN3CC(C)C)s2)s1. The van der Waals surface area contributed by atoms with E-state index in [0.29, 0.717) is 17.1 Å². The van der Waals surface area contributed by atoms with Crippen LogP contribution in [0, 0.1) is 12.8 Å². The van der Waals surface area contributed by atoms with E-state index in [1.54, 1.807) is 17.5 Å². The van der Waals surface area contributed by atoms with Crippen molar-refractivity contribution in [2.75, 3.05) is 18.4 Å². The van der Waals surface area contributed by atoms with E-state index in [-0.39, 0.29) is 5.91 Å². The molecule has 0 radical (unpaired) electrons. The van der Waals surface area contributed by atoms with Crippen LogP contribution >= 0.6 is 22.7 Å². The van der Waals surface area contributed by atoms with Crippen LogP contribution in [0.15, 0.2) is 18.3 Å². The minimum Gasteiger partial charge on any atom is -0.297 e. The summed E-state index contributed by atoms with van der Waals surface area (Å²) in [6.07, 6.45) is 4.22. The van der Waals surface area contributed by atoms with Crippen LogP contribution in [0.5, 0.6) is 0 Å². The zero-order valence-electron chi connectivity index (χ0n) is 13.8. The third-order valence-corrected chi connectivity index (χ3v) is 6.00. The van der Waals surface area contributed by atoms with Crippen LogP contribution in [0.25, 0.3) is 0 Å². The summed E-state index contributed by atoms with van der Waals surface area (Å²) in [4.78, 5) is 22.3. The summed E-state index contributed by atoms with van der Waals surface area (Å²) in [5.41, 5.74) is 0. The Morgan fingerprint density at radius 1 is 1.43 bits per heavy atom. The molecule has 1 saturated heterocycles. The first-order valence-corrected chi connectivity index (χ1v) is 9.74. The van der Waals surface area contributed by atoms with Crippen LogP contribution in [0.3, 0.4) is 0 Å². The van der Waals surface area contributed by atoms with E-state index in [1.165, 1.54) is 35.6 Å². The second-order valence-electron chi connectivity index (χ2n) is 6.48. The second-order valence-corrected chi connectivity index (χ2v) is 8.83. The molecular weight excluding hydrogens is 326 g/mol. The fourth-order valence-electron chi connectivity index (χ4n) is 3.06. The predicted molar refractivity (Wildman–Crippen MR) is 97.5 cm³/mol. The maximum atomic E-state index is 12.4. The molecule has 23 heavy (non-hydrogen) atoms. The lowest BCUT2D eigenvalue weighted by Crippen LogP contribution is -2.26. The number of carbonyl (C=O) groups excluding carboxylic acids is 1. The number of thiazole rings is 1. The number of rotatable bonds is 5. The maximum Gasteiger partial charge on any atom is 0.267 e. The molecule has 2 aromatic rings. The summed E-state index contributed by atoms with van der Waals surface area (Å²) < 4.78 is 0. The number of aryl methyl sites for hydroxylation is 1. The van der Waals surface area contributed by atoms with Gasteiger partial charge in [0.25, 0.3) is 5.91 Å². The number of aromatic nitrogens is 1. The van der Waals surface area contributed by atoms with Gasteiger partial charge >= 0.3 is 0 Å². The number of hydrogen-bond acceptors (Lipinski definition) is 5. The molecule has 0 saturated carbocycles. The summed E-state index contributed by atoms with van der Waals surface area (Å²) in [7, 11) is 0. The summed E-state index contributed by atoms with van der Waals surface area (Å²) in [6.45, 7) is 8.81. The first-order chi connectivity index (χ1) is 11.0. The Balaban J connectivity index is 1.68. The monoisotopic (exact) mass is 349 g/mol. The fraction of sp³-hybridized carbons (Fsp3) is 0.529. The molecule has 0 aliphatic carbocycles. The van der Waals surface area contributed by atoms with Gasteiger partial charge in [0, 0.05) is 28.5 Å². The van der Waals surface area contributed by atoms with Crippen LogP contribution in [0.4, 0.5) is 5.13 Å². The van der Waals surface area contributed by atoms with Gasteiger partial charge in [0.1, 0.15) is 0 Å². The molecule has 0 aromatic carbocycles. The number of carbonyl (C=O) groups is 1. The summed E-state index contributed by atoms with van der Waals surface area (Å²) in [6, 6.07) is 4.54. The van der Waals surface area contributed by atoms with E-state index < -0.39 is 0 Å². The Labute approximate surface area is 145 Å². The van der Waals surface area contributed by atoms with Crippen LogP contribution in [0.1, 0.15) is 52.2 Å². The molecule has 1 fully saturated rings. The first-order valence-electron chi connectivity index (χ1n) is 8.10. The van der Waals surface area contributed by atoms with E-state index in [2.05, 4.69) is 35.1 Å². The molecule has 1 aliphatic rings. The standard InChI is InChI=1S/C17H23N3OS2/c1-11(2)10-20-8-4-5-13(20)14-6-7-15(23-14)16(21)19-17-18-9-12(3)22-17/h6-7,9,11,13H,4-5,8,10H2,1-3H3,(H,18,19,21)/t13-/m0/s1. The van der Waals surface area contributed by atoms with E-state index in [1.807, 2.05) is 13.0 Å². The first kappa shape index (κ1) is 16.6. The lowest BCUT2D eigenvalue weighted by atomic mass is 10.1. The minimum atomic E-state index is -0.0518. The van der Waals surface area contributed by atoms with Crippen LogP contribution in [-0.2, 0) is 0 Å². The third-order valence-electron chi connectivity index (χ3n) is 3.98. The maximum absolute atomic E-state index is 12.4. The van der Waals surface area contributed by atoms with Gasteiger partial charge in [0.2, 0.25) is 0 Å². The van der Waals surface area contributed by atoms with Gasteiger partial charge in [-0.1, -0.05) is 13.8 Å². The van der Waals surface area contributed by atoms with Crippen molar-refractivity contribution in [1.82, 2.24) is 9.88 Å². The van der Waals surface area contributed by atoms with E-state index in [0.717, 1.165) is 16.3 Å². The van der Waals surface area contributed by atoms with Gasteiger partial charge in [-0.3, -0.25) is 15.0 Å². The van der Waals surface area contributed by atoms with Crippen molar-refractivity contribution in [2.45, 2.75) is 39.7 Å². The van der Waals surface area contributed by atoms with Crippen molar-refractivity contribution >= 4 is 33.7 Å². The average Bonchev–Trinajstić information content (AvgIpc) is 3.18. The van der Waals surface area contributed by atoms with Crippen molar-refractivity contribution in [3.63, 3.8) is 0 Å². The van der Waals surface area contributed by atoms with Crippen LogP contribution in [0.2, 0.25) is 0 Å². The van der Waals surface area contributed by atoms with Crippen molar-refractivity contribution in [3.8, 4) is 0 Å². The fourth-order valence-corrected chi connectivity index (χ4v) is 4.79. The highest BCUT2D eigenvalue weighted by atomic mass is 32.1. The van der Waals surface area contributed by atoms with E-state index in [9.17, 15) is 4.79 Å². The Hall–Kier alpha value is -1.24. The molecule has 6 heteroatoms. The van der Waals surface area contributed by atoms with Gasteiger partial charge in [-0.25, -0.2) is 4.98 Å². The quantitative estimate of drug-likeness (QED) is 0.861. The average molecular weight is 350 g/mol. The highest BCUT2D eigenvalue weighted by molar-refractivity contribution is 7.16. The smallest absolute Gasteiger partial charge is 0.267 e. The lowest BCUT2D eigenvalue weighted by Gasteiger charge is -2.25. The van der Waals surface area contributed by atoms with Crippen LogP contribution < -0.4 is 5.32 Å². The number of anilines is 1. The largest absolute Gasteiger partial charge is 0.297 e. The number of hydrogen-bond donors (Lipinski definition) is 1. The molecule has 3 heterocycles. The Kier molecular flexibility index (Phi) is 5.14. The predicted octanol–water partition coefficient (Wildman–Crippen LogP) is 4.56. The van der Waals surface area contributed by atoms with Crippen molar-refractivity contribution < 1.29 is 4.79 Å². The van der Waals surface area contributed by atoms with Gasteiger partial charge in [0.15, 0.2) is 5.13 Å². The van der Waals surface area contributed by atoms with Crippen molar-refractivity contribution in [2.24, 2.45) is 5.92 Å². The zero-order valence-corrected chi connectivity index (χ0v) is 15.5. The Bertz CT molecular complexity index is 677. The molecule has 1 amide bonds. The van der Waals surface area contributed by atoms with E-state index >= 15 is 0 Å². The molecule has 3 rings (SSSR count). The molecule has 1 aliphatic heterocycles. The lowest BCUT2D eigenvalue weighted by molar-refractivity contribution is 0.103. The molecule has 0 unspecified atom stereocenters. The highest BCUT2D eigenvalue weighted by Crippen LogP contribution is 2.36. The number of thiophene rings is 1. The van der Waals surface area contributed by atoms with Crippen molar-refractivity contribution in [3.05, 3.63) is 33.0 Å². The molecule has 2 aromatic heterocycles. The normalized spacial score (nSPS) is 18.7. The topological polar surface area (TPSA) is 45.2 Å². The van der Waals surface area contributed by atoms with Gasteiger partial charge in [-0.15, -0.1) is 22.7 Å². The summed E-state index contributed by atoms with van der Waals surface area (Å²) in [5.74, 6) is 0.621. The number of nitrogens with one attached hydrogen (secondary N) is 1. The van der Waals surface area contributed by atoms with Crippen LogP contribution in [-0.4, -0.2) is 28.9 Å². The Morgan fingerprint density at radius 3 is 2.96 bits per heavy atom. The summed E-state index contributed by atoms with van der Waals surface area (Å²) in [5, 5.41) is 3.56. The van der Waals surface area contributed by atoms with Gasteiger partial charge < -0.3 is 0 Å². The highest BCUT2D eigenvalue weighted by Gasteiger charge is 2.28. The van der Waals surface area contributed by atoms with Crippen molar-refractivity contribution in [1.29, 1.82) is 0 Å². The molecule has 4 nitrogen and oxygen atoms in total. The molecule has 1 atom stereocenters. The second kappa shape index (κ2) is 7.11. The zero-order chi connectivity index (χ0) is 16.4. The Morgan fingerprint density at radius 2 is 2.26 bits per heavy atom. The molecule has 0 bridgehead atoms. The third kappa shape index (κ3) is 4.00. The number of amides is 1. The number of likely N-dealkylation sites (tertiary alicyclic amines) is 1. The van der Waals surface area contributed by atoms with Gasteiger partial charge in [-0.05, 0) is 44.4 Å². The molecular formula is C17H23N3OS2. The molecule has 1 N–H and O–H groups in total. The van der Waals surface area contributed by atoms with Gasteiger partial charge in [0.05, 0.1) is 4.88 Å². The van der Waals surface area contributed by atoms with Gasteiger partial charge in [-0.2, -0.15) is 0 Å². The minimum absolute atomic E-state index is 0.0518. The van der Waals surface area contributed by atoms with E-state index in [4.69, 9.17) is 0 Å². The molecule has 124 valence electrons. The molecule has 0 spiro atoms.